The van der Waals surface area contributed by atoms with Crippen LogP contribution >= 0.6 is 0 Å². The quantitative estimate of drug-likeness (QED) is 0.869. The van der Waals surface area contributed by atoms with Crippen molar-refractivity contribution in [2.45, 2.75) is 18.8 Å². The van der Waals surface area contributed by atoms with E-state index in [1.54, 1.807) is 18.3 Å². The lowest BCUT2D eigenvalue weighted by atomic mass is 9.88. The summed E-state index contributed by atoms with van der Waals surface area (Å²) in [6.07, 6.45) is 2.86. The minimum atomic E-state index is -0.00944. The van der Waals surface area contributed by atoms with Gasteiger partial charge in [0.1, 0.15) is 11.4 Å². The van der Waals surface area contributed by atoms with Gasteiger partial charge in [0.15, 0.2) is 5.78 Å². The highest BCUT2D eigenvalue weighted by atomic mass is 16.5. The maximum atomic E-state index is 12.4. The van der Waals surface area contributed by atoms with Crippen LogP contribution in [0.3, 0.4) is 0 Å². The van der Waals surface area contributed by atoms with Gasteiger partial charge in [-0.1, -0.05) is 18.2 Å². The second-order valence-electron chi connectivity index (χ2n) is 4.94. The van der Waals surface area contributed by atoms with Crippen LogP contribution in [0.1, 0.15) is 34.8 Å². The van der Waals surface area contributed by atoms with Crippen LogP contribution in [0, 0.1) is 0 Å². The van der Waals surface area contributed by atoms with Gasteiger partial charge in [-0.2, -0.15) is 0 Å². The standard InChI is InChI=1S/C16H16N2O2/c17-13-5-3-8-18-16(13)14(19)10-11-7-9-20-15-6-2-1-4-12(11)15/h1-6,8,11H,7,9-10,17H2. The molecule has 4 nitrogen and oxygen atoms in total. The first-order valence-electron chi connectivity index (χ1n) is 6.71. The maximum Gasteiger partial charge on any atom is 0.183 e. The van der Waals surface area contributed by atoms with E-state index in [1.807, 2.05) is 24.3 Å². The summed E-state index contributed by atoms with van der Waals surface area (Å²) in [6.45, 7) is 0.645. The molecule has 102 valence electrons. The molecule has 4 heteroatoms. The lowest BCUT2D eigenvalue weighted by molar-refractivity contribution is 0.0962. The number of Topliss-reactive ketones (excluding diaryl/α,β-unsaturated/α-hetero) is 1. The van der Waals surface area contributed by atoms with Crippen LogP contribution < -0.4 is 10.5 Å². The van der Waals surface area contributed by atoms with Crippen molar-refractivity contribution in [1.82, 2.24) is 4.98 Å². The largest absolute Gasteiger partial charge is 0.493 e. The topological polar surface area (TPSA) is 65.2 Å². The summed E-state index contributed by atoms with van der Waals surface area (Å²) in [5.41, 5.74) is 7.73. The Balaban J connectivity index is 1.83. The average molecular weight is 268 g/mol. The van der Waals surface area contributed by atoms with Crippen molar-refractivity contribution in [1.29, 1.82) is 0 Å². The SMILES string of the molecule is Nc1cccnc1C(=O)CC1CCOc2ccccc21. The zero-order valence-electron chi connectivity index (χ0n) is 11.1. The number of carbonyl (C=O) groups is 1. The molecule has 1 unspecified atom stereocenters. The second kappa shape index (κ2) is 5.33. The molecule has 0 aliphatic carbocycles. The Morgan fingerprint density at radius 2 is 2.15 bits per heavy atom. The Morgan fingerprint density at radius 1 is 1.30 bits per heavy atom. The van der Waals surface area contributed by atoms with Crippen LogP contribution in [-0.4, -0.2) is 17.4 Å². The summed E-state index contributed by atoms with van der Waals surface area (Å²) < 4.78 is 5.61. The molecule has 0 amide bonds. The van der Waals surface area contributed by atoms with E-state index in [9.17, 15) is 4.79 Å². The monoisotopic (exact) mass is 268 g/mol. The van der Waals surface area contributed by atoms with E-state index in [0.717, 1.165) is 17.7 Å². The predicted molar refractivity (Wildman–Crippen MR) is 76.9 cm³/mol. The molecule has 0 bridgehead atoms. The fourth-order valence-electron chi connectivity index (χ4n) is 2.60. The minimum absolute atomic E-state index is 0.00944. The second-order valence-corrected chi connectivity index (χ2v) is 4.94. The van der Waals surface area contributed by atoms with Crippen molar-refractivity contribution in [3.8, 4) is 5.75 Å². The minimum Gasteiger partial charge on any atom is -0.493 e. The summed E-state index contributed by atoms with van der Waals surface area (Å²) in [6, 6.07) is 11.3. The van der Waals surface area contributed by atoms with E-state index in [4.69, 9.17) is 10.5 Å². The predicted octanol–water partition coefficient (Wildman–Crippen LogP) is 2.80. The molecule has 3 rings (SSSR count). The van der Waals surface area contributed by atoms with Gasteiger partial charge >= 0.3 is 0 Å². The number of benzene rings is 1. The van der Waals surface area contributed by atoms with Crippen molar-refractivity contribution >= 4 is 11.5 Å². The highest BCUT2D eigenvalue weighted by molar-refractivity contribution is 5.99. The van der Waals surface area contributed by atoms with Crippen LogP contribution in [0.5, 0.6) is 5.75 Å². The van der Waals surface area contributed by atoms with Gasteiger partial charge in [-0.15, -0.1) is 0 Å². The fourth-order valence-corrected chi connectivity index (χ4v) is 2.60. The molecular formula is C16H16N2O2. The average Bonchev–Trinajstić information content (AvgIpc) is 2.48. The zero-order chi connectivity index (χ0) is 13.9. The van der Waals surface area contributed by atoms with E-state index >= 15 is 0 Å². The van der Waals surface area contributed by atoms with Crippen molar-refractivity contribution in [2.24, 2.45) is 0 Å². The molecule has 2 aromatic rings. The molecule has 1 aromatic carbocycles. The molecule has 0 radical (unpaired) electrons. The maximum absolute atomic E-state index is 12.4. The molecule has 0 spiro atoms. The molecule has 0 saturated heterocycles. The lowest BCUT2D eigenvalue weighted by Crippen LogP contribution is -2.18. The van der Waals surface area contributed by atoms with Gasteiger partial charge in [-0.05, 0) is 36.1 Å². The smallest absolute Gasteiger partial charge is 0.183 e. The molecule has 2 N–H and O–H groups in total. The molecular weight excluding hydrogens is 252 g/mol. The summed E-state index contributed by atoms with van der Waals surface area (Å²) in [5, 5.41) is 0. The number of fused-ring (bicyclic) bond motifs is 1. The van der Waals surface area contributed by atoms with Crippen LogP contribution in [-0.2, 0) is 0 Å². The van der Waals surface area contributed by atoms with Gasteiger partial charge in [0.05, 0.1) is 12.3 Å². The summed E-state index contributed by atoms with van der Waals surface area (Å²) in [5.74, 6) is 1.05. The van der Waals surface area contributed by atoms with E-state index in [1.165, 1.54) is 0 Å². The third kappa shape index (κ3) is 2.37. The highest BCUT2D eigenvalue weighted by Gasteiger charge is 2.25. The number of rotatable bonds is 3. The number of hydrogen-bond donors (Lipinski definition) is 1. The molecule has 1 aromatic heterocycles. The zero-order valence-corrected chi connectivity index (χ0v) is 11.1. The number of nitrogen functional groups attached to an aromatic ring is 1. The van der Waals surface area contributed by atoms with Gasteiger partial charge in [0.2, 0.25) is 0 Å². The van der Waals surface area contributed by atoms with E-state index in [-0.39, 0.29) is 11.7 Å². The van der Waals surface area contributed by atoms with Gasteiger partial charge in [0, 0.05) is 12.6 Å². The van der Waals surface area contributed by atoms with Crippen molar-refractivity contribution < 1.29 is 9.53 Å². The summed E-state index contributed by atoms with van der Waals surface area (Å²) in [4.78, 5) is 16.5. The van der Waals surface area contributed by atoms with Crippen molar-refractivity contribution in [3.63, 3.8) is 0 Å². The van der Waals surface area contributed by atoms with Crippen LogP contribution in [0.2, 0.25) is 0 Å². The van der Waals surface area contributed by atoms with Gasteiger partial charge in [-0.3, -0.25) is 9.78 Å². The summed E-state index contributed by atoms with van der Waals surface area (Å²) >= 11 is 0. The molecule has 1 atom stereocenters. The number of nitrogens with zero attached hydrogens (tertiary/aromatic N) is 1. The number of anilines is 1. The van der Waals surface area contributed by atoms with Crippen molar-refractivity contribution in [2.75, 3.05) is 12.3 Å². The molecule has 0 fully saturated rings. The number of nitrogens with two attached hydrogens (primary N) is 1. The third-order valence-electron chi connectivity index (χ3n) is 3.62. The summed E-state index contributed by atoms with van der Waals surface area (Å²) in [7, 11) is 0. The van der Waals surface area contributed by atoms with E-state index < -0.39 is 0 Å². The third-order valence-corrected chi connectivity index (χ3v) is 3.62. The number of pyridine rings is 1. The first kappa shape index (κ1) is 12.7. The van der Waals surface area contributed by atoms with Crippen molar-refractivity contribution in [3.05, 3.63) is 53.9 Å². The number of para-hydroxylation sites is 1. The Morgan fingerprint density at radius 3 is 3.00 bits per heavy atom. The molecule has 1 aliphatic rings. The van der Waals surface area contributed by atoms with E-state index in [0.29, 0.717) is 24.4 Å². The molecule has 0 saturated carbocycles. The van der Waals surface area contributed by atoms with E-state index in [2.05, 4.69) is 4.98 Å². The molecule has 1 aliphatic heterocycles. The number of aromatic nitrogens is 1. The Labute approximate surface area is 117 Å². The van der Waals surface area contributed by atoms with Crippen LogP contribution in [0.15, 0.2) is 42.6 Å². The van der Waals surface area contributed by atoms with Gasteiger partial charge in [-0.25, -0.2) is 0 Å². The first-order chi connectivity index (χ1) is 9.75. The molecule has 20 heavy (non-hydrogen) atoms. The Kier molecular flexibility index (Phi) is 3.37. The van der Waals surface area contributed by atoms with Crippen LogP contribution in [0.25, 0.3) is 0 Å². The fraction of sp³-hybridized carbons (Fsp3) is 0.250. The number of carbonyl (C=O) groups excluding carboxylic acids is 1. The van der Waals surface area contributed by atoms with Gasteiger partial charge < -0.3 is 10.5 Å². The van der Waals surface area contributed by atoms with Gasteiger partial charge in [0.25, 0.3) is 0 Å². The number of ether oxygens (including phenoxy) is 1. The number of hydrogen-bond acceptors (Lipinski definition) is 4. The molecule has 2 heterocycles. The Hall–Kier alpha value is -2.36. The Bertz CT molecular complexity index is 640. The van der Waals surface area contributed by atoms with Crippen LogP contribution in [0.4, 0.5) is 5.69 Å². The lowest BCUT2D eigenvalue weighted by Gasteiger charge is -2.25. The first-order valence-corrected chi connectivity index (χ1v) is 6.71. The number of ketones is 1. The highest BCUT2D eigenvalue weighted by Crippen LogP contribution is 2.36. The normalized spacial score (nSPS) is 17.1.